The summed E-state index contributed by atoms with van der Waals surface area (Å²) in [5, 5.41) is 6.91. The first kappa shape index (κ1) is 17.9. The van der Waals surface area contributed by atoms with Crippen molar-refractivity contribution >= 4 is 11.6 Å². The van der Waals surface area contributed by atoms with Crippen LogP contribution in [0.1, 0.15) is 30.5 Å². The summed E-state index contributed by atoms with van der Waals surface area (Å²) in [6.45, 7) is 1.91. The first-order valence-corrected chi connectivity index (χ1v) is 8.45. The summed E-state index contributed by atoms with van der Waals surface area (Å²) in [4.78, 5) is 17.7. The maximum absolute atomic E-state index is 13.3. The van der Waals surface area contributed by atoms with Crippen LogP contribution in [0.3, 0.4) is 0 Å². The molecule has 0 saturated carbocycles. The number of hydrogen-bond acceptors (Lipinski definition) is 4. The normalized spacial score (nSPS) is 17.2. The number of oxime groups is 1. The van der Waals surface area contributed by atoms with Crippen molar-refractivity contribution in [3.8, 4) is 5.75 Å². The van der Waals surface area contributed by atoms with Crippen LogP contribution in [0.15, 0.2) is 53.7 Å². The van der Waals surface area contributed by atoms with Crippen LogP contribution in [-0.2, 0) is 16.1 Å². The van der Waals surface area contributed by atoms with E-state index in [1.54, 1.807) is 13.2 Å². The molecule has 6 heteroatoms. The molecule has 5 nitrogen and oxygen atoms in total. The molecule has 26 heavy (non-hydrogen) atoms. The molecule has 1 N–H and O–H groups in total. The number of carbonyl (C=O) groups excluding carboxylic acids is 1. The van der Waals surface area contributed by atoms with Crippen LogP contribution in [-0.4, -0.2) is 24.8 Å². The van der Waals surface area contributed by atoms with Crippen LogP contribution in [0.25, 0.3) is 0 Å². The van der Waals surface area contributed by atoms with Gasteiger partial charge < -0.3 is 14.9 Å². The molecule has 1 amide bonds. The lowest BCUT2D eigenvalue weighted by Crippen LogP contribution is -2.36. The summed E-state index contributed by atoms with van der Waals surface area (Å²) >= 11 is 0. The SMILES string of the molecule is COc1ccc([C@@H](C)NC(=O)C2CC(Cc3cccc(F)c3)=NO2)cc1. The molecule has 0 bridgehead atoms. The van der Waals surface area contributed by atoms with E-state index in [1.807, 2.05) is 37.3 Å². The molecular weight excluding hydrogens is 335 g/mol. The van der Waals surface area contributed by atoms with Gasteiger partial charge in [-0.05, 0) is 42.3 Å². The van der Waals surface area contributed by atoms with Gasteiger partial charge in [-0.15, -0.1) is 0 Å². The van der Waals surface area contributed by atoms with Crippen molar-refractivity contribution in [3.05, 3.63) is 65.5 Å². The predicted molar refractivity (Wildman–Crippen MR) is 96.6 cm³/mol. The highest BCUT2D eigenvalue weighted by atomic mass is 19.1. The lowest BCUT2D eigenvalue weighted by molar-refractivity contribution is -0.131. The first-order chi connectivity index (χ1) is 12.5. The second-order valence-corrected chi connectivity index (χ2v) is 6.27. The van der Waals surface area contributed by atoms with E-state index in [0.29, 0.717) is 12.8 Å². The summed E-state index contributed by atoms with van der Waals surface area (Å²) < 4.78 is 18.4. The summed E-state index contributed by atoms with van der Waals surface area (Å²) in [6, 6.07) is 13.7. The fourth-order valence-corrected chi connectivity index (χ4v) is 2.84. The summed E-state index contributed by atoms with van der Waals surface area (Å²) in [6.07, 6.45) is 0.215. The van der Waals surface area contributed by atoms with Gasteiger partial charge in [0.15, 0.2) is 0 Å². The molecular formula is C20H21FN2O3. The second kappa shape index (κ2) is 7.99. The van der Waals surface area contributed by atoms with Crippen molar-refractivity contribution < 1.29 is 18.8 Å². The molecule has 0 fully saturated rings. The van der Waals surface area contributed by atoms with E-state index in [4.69, 9.17) is 9.57 Å². The number of hydrogen-bond donors (Lipinski definition) is 1. The molecule has 2 aromatic carbocycles. The zero-order chi connectivity index (χ0) is 18.5. The van der Waals surface area contributed by atoms with Gasteiger partial charge in [-0.25, -0.2) is 4.39 Å². The molecule has 1 heterocycles. The van der Waals surface area contributed by atoms with Gasteiger partial charge >= 0.3 is 0 Å². The lowest BCUT2D eigenvalue weighted by Gasteiger charge is -2.16. The average Bonchev–Trinajstić information content (AvgIpc) is 3.10. The van der Waals surface area contributed by atoms with Crippen LogP contribution >= 0.6 is 0 Å². The zero-order valence-electron chi connectivity index (χ0n) is 14.7. The largest absolute Gasteiger partial charge is 0.497 e. The van der Waals surface area contributed by atoms with Crippen molar-refractivity contribution in [2.75, 3.05) is 7.11 Å². The van der Waals surface area contributed by atoms with Gasteiger partial charge in [-0.1, -0.05) is 29.4 Å². The van der Waals surface area contributed by atoms with E-state index in [0.717, 1.165) is 22.6 Å². The highest BCUT2D eigenvalue weighted by Gasteiger charge is 2.29. The summed E-state index contributed by atoms with van der Waals surface area (Å²) in [5.41, 5.74) is 2.51. The third kappa shape index (κ3) is 4.39. The zero-order valence-corrected chi connectivity index (χ0v) is 14.7. The van der Waals surface area contributed by atoms with Crippen molar-refractivity contribution in [2.45, 2.75) is 31.9 Å². The Balaban J connectivity index is 1.53. The number of nitrogens with zero attached hydrogens (tertiary/aromatic N) is 1. The molecule has 0 spiro atoms. The molecule has 3 rings (SSSR count). The molecule has 0 aromatic heterocycles. The molecule has 0 aliphatic carbocycles. The smallest absolute Gasteiger partial charge is 0.264 e. The third-order valence-electron chi connectivity index (χ3n) is 4.29. The Bertz CT molecular complexity index is 805. The van der Waals surface area contributed by atoms with Gasteiger partial charge in [-0.3, -0.25) is 4.79 Å². The summed E-state index contributed by atoms with van der Waals surface area (Å²) in [7, 11) is 1.61. The Morgan fingerprint density at radius 3 is 2.81 bits per heavy atom. The van der Waals surface area contributed by atoms with E-state index in [2.05, 4.69) is 10.5 Å². The number of amides is 1. The van der Waals surface area contributed by atoms with Crippen LogP contribution < -0.4 is 10.1 Å². The highest BCUT2D eigenvalue weighted by molar-refractivity contribution is 5.94. The number of ether oxygens (including phenoxy) is 1. The monoisotopic (exact) mass is 356 g/mol. The topological polar surface area (TPSA) is 59.9 Å². The number of halogens is 1. The molecule has 1 aliphatic heterocycles. The minimum absolute atomic E-state index is 0.163. The van der Waals surface area contributed by atoms with Crippen LogP contribution in [0.4, 0.5) is 4.39 Å². The van der Waals surface area contributed by atoms with Gasteiger partial charge in [0.25, 0.3) is 5.91 Å². The van der Waals surface area contributed by atoms with Gasteiger partial charge in [0.2, 0.25) is 6.10 Å². The molecule has 0 radical (unpaired) electrons. The Kier molecular flexibility index (Phi) is 5.51. The van der Waals surface area contributed by atoms with E-state index in [1.165, 1.54) is 12.1 Å². The van der Waals surface area contributed by atoms with Gasteiger partial charge in [0.05, 0.1) is 18.9 Å². The maximum atomic E-state index is 13.3. The molecule has 0 saturated heterocycles. The molecule has 2 aromatic rings. The standard InChI is InChI=1S/C20H21FN2O3/c1-13(15-6-8-18(25-2)9-7-15)22-20(24)19-12-17(23-26-19)11-14-4-3-5-16(21)10-14/h3-10,13,19H,11-12H2,1-2H3,(H,22,24)/t13-,19?/m1/s1. The lowest BCUT2D eigenvalue weighted by atomic mass is 10.0. The minimum atomic E-state index is -0.653. The van der Waals surface area contributed by atoms with Gasteiger partial charge in [0.1, 0.15) is 11.6 Å². The Hall–Kier alpha value is -2.89. The van der Waals surface area contributed by atoms with E-state index in [9.17, 15) is 9.18 Å². The van der Waals surface area contributed by atoms with Crippen molar-refractivity contribution in [1.29, 1.82) is 0 Å². The fourth-order valence-electron chi connectivity index (χ4n) is 2.84. The molecule has 136 valence electrons. The van der Waals surface area contributed by atoms with Crippen molar-refractivity contribution in [1.82, 2.24) is 5.32 Å². The summed E-state index contributed by atoms with van der Waals surface area (Å²) in [5.74, 6) is 0.262. The number of benzene rings is 2. The van der Waals surface area contributed by atoms with Crippen molar-refractivity contribution in [2.24, 2.45) is 5.16 Å². The highest BCUT2D eigenvalue weighted by Crippen LogP contribution is 2.19. The van der Waals surface area contributed by atoms with Crippen LogP contribution in [0.5, 0.6) is 5.75 Å². The maximum Gasteiger partial charge on any atom is 0.264 e. The fraction of sp³-hybridized carbons (Fsp3) is 0.300. The second-order valence-electron chi connectivity index (χ2n) is 6.27. The Morgan fingerprint density at radius 2 is 2.12 bits per heavy atom. The molecule has 1 aliphatic rings. The predicted octanol–water partition coefficient (Wildman–Crippen LogP) is 3.40. The number of nitrogens with one attached hydrogen (secondary N) is 1. The quantitative estimate of drug-likeness (QED) is 0.863. The van der Waals surface area contributed by atoms with Crippen molar-refractivity contribution in [3.63, 3.8) is 0 Å². The van der Waals surface area contributed by atoms with Gasteiger partial charge in [-0.2, -0.15) is 0 Å². The van der Waals surface area contributed by atoms with Crippen LogP contribution in [0, 0.1) is 5.82 Å². The Morgan fingerprint density at radius 1 is 1.35 bits per heavy atom. The number of rotatable bonds is 6. The van der Waals surface area contributed by atoms with Gasteiger partial charge in [0, 0.05) is 12.8 Å². The third-order valence-corrected chi connectivity index (χ3v) is 4.29. The Labute approximate surface area is 151 Å². The minimum Gasteiger partial charge on any atom is -0.497 e. The number of carbonyl (C=O) groups is 1. The first-order valence-electron chi connectivity index (χ1n) is 8.45. The average molecular weight is 356 g/mol. The molecule has 2 atom stereocenters. The van der Waals surface area contributed by atoms with E-state index >= 15 is 0 Å². The number of methoxy groups -OCH3 is 1. The van der Waals surface area contributed by atoms with E-state index in [-0.39, 0.29) is 17.8 Å². The van der Waals surface area contributed by atoms with Crippen LogP contribution in [0.2, 0.25) is 0 Å². The molecule has 1 unspecified atom stereocenters. The van der Waals surface area contributed by atoms with E-state index < -0.39 is 6.10 Å².